The summed E-state index contributed by atoms with van der Waals surface area (Å²) >= 11 is 14.2. The minimum atomic E-state index is -1.14. The number of thiazole rings is 1. The lowest BCUT2D eigenvalue weighted by Gasteiger charge is -2.34. The van der Waals surface area contributed by atoms with E-state index in [0.717, 1.165) is 30.6 Å². The molecule has 4 aromatic rings. The van der Waals surface area contributed by atoms with Gasteiger partial charge in [0.2, 0.25) is 0 Å². The number of benzene rings is 2. The first kappa shape index (κ1) is 24.3. The predicted octanol–water partition coefficient (Wildman–Crippen LogP) is 7.16. The maximum Gasteiger partial charge on any atom is 0.337 e. The van der Waals surface area contributed by atoms with E-state index in [-0.39, 0.29) is 34.8 Å². The molecule has 11 heteroatoms. The summed E-state index contributed by atoms with van der Waals surface area (Å²) < 4.78 is 28.2. The minimum Gasteiger partial charge on any atom is -0.478 e. The van der Waals surface area contributed by atoms with E-state index in [4.69, 9.17) is 32.5 Å². The Morgan fingerprint density at radius 3 is 2.74 bits per heavy atom. The first-order valence-electron chi connectivity index (χ1n) is 12.5. The molecular weight excluding hydrogens is 552 g/mol. The first-order valence-corrected chi connectivity index (χ1v) is 14.1. The summed E-state index contributed by atoms with van der Waals surface area (Å²) in [4.78, 5) is 18.0. The van der Waals surface area contributed by atoms with Crippen LogP contribution < -0.4 is 4.90 Å². The normalized spacial score (nSPS) is 22.6. The number of piperidine rings is 1. The van der Waals surface area contributed by atoms with Gasteiger partial charge in [-0.25, -0.2) is 14.2 Å². The summed E-state index contributed by atoms with van der Waals surface area (Å²) in [5.41, 5.74) is 3.98. The number of carbonyl (C=O) groups is 1. The molecule has 0 amide bonds. The van der Waals surface area contributed by atoms with Crippen LogP contribution in [0.15, 0.2) is 34.3 Å². The molecule has 3 heterocycles. The molecule has 2 aromatic heterocycles. The number of ether oxygens (including phenoxy) is 1. The van der Waals surface area contributed by atoms with Gasteiger partial charge in [-0.15, -0.1) is 11.3 Å². The van der Waals surface area contributed by atoms with E-state index in [2.05, 4.69) is 10.1 Å². The monoisotopic (exact) mass is 573 g/mol. The molecule has 2 saturated carbocycles. The molecule has 7 nitrogen and oxygen atoms in total. The average molecular weight is 574 g/mol. The lowest BCUT2D eigenvalue weighted by molar-refractivity contribution is 0.0122. The molecule has 1 N–H and O–H groups in total. The highest BCUT2D eigenvalue weighted by atomic mass is 35.5. The average Bonchev–Trinajstić information content (AvgIpc) is 3.24. The van der Waals surface area contributed by atoms with Gasteiger partial charge in [0.25, 0.3) is 0 Å². The lowest BCUT2D eigenvalue weighted by atomic mass is 10.0. The quantitative estimate of drug-likeness (QED) is 0.251. The Morgan fingerprint density at radius 2 is 2.05 bits per heavy atom. The number of hydrogen-bond donors (Lipinski definition) is 1. The molecule has 0 radical (unpaired) electrons. The third kappa shape index (κ3) is 3.90. The number of carboxylic acid groups (broad SMARTS) is 1. The predicted molar refractivity (Wildman–Crippen MR) is 143 cm³/mol. The van der Waals surface area contributed by atoms with Crippen LogP contribution in [0.1, 0.15) is 53.3 Å². The van der Waals surface area contributed by atoms with Crippen LogP contribution >= 0.6 is 34.5 Å². The number of aromatic nitrogens is 2. The van der Waals surface area contributed by atoms with Crippen LogP contribution in [0, 0.1) is 11.7 Å². The second-order valence-corrected chi connectivity index (χ2v) is 11.9. The molecule has 196 valence electrons. The summed E-state index contributed by atoms with van der Waals surface area (Å²) in [7, 11) is 0. The van der Waals surface area contributed by atoms with Crippen molar-refractivity contribution in [3.05, 3.63) is 62.5 Å². The van der Waals surface area contributed by atoms with Crippen LogP contribution in [0.2, 0.25) is 10.0 Å². The number of fused-ring (bicyclic) bond motifs is 3. The number of anilines is 1. The zero-order chi connectivity index (χ0) is 26.1. The summed E-state index contributed by atoms with van der Waals surface area (Å²) in [6, 6.07) is 6.85. The molecular formula is C27H22Cl2FN3O4S. The van der Waals surface area contributed by atoms with E-state index in [0.29, 0.717) is 51.5 Å². The molecule has 2 bridgehead atoms. The molecule has 2 aliphatic carbocycles. The van der Waals surface area contributed by atoms with Crippen molar-refractivity contribution in [2.24, 2.45) is 5.92 Å². The van der Waals surface area contributed by atoms with Crippen molar-refractivity contribution in [3.8, 4) is 11.3 Å². The topological polar surface area (TPSA) is 88.7 Å². The first-order chi connectivity index (χ1) is 18.4. The van der Waals surface area contributed by atoms with Gasteiger partial charge in [0, 0.05) is 35.5 Å². The van der Waals surface area contributed by atoms with Gasteiger partial charge in [0.05, 0.1) is 44.2 Å². The Balaban J connectivity index is 1.13. The highest BCUT2D eigenvalue weighted by Crippen LogP contribution is 2.48. The van der Waals surface area contributed by atoms with E-state index < -0.39 is 11.8 Å². The zero-order valence-electron chi connectivity index (χ0n) is 20.0. The third-order valence-corrected chi connectivity index (χ3v) is 9.35. The third-order valence-electron chi connectivity index (χ3n) is 7.94. The van der Waals surface area contributed by atoms with Crippen LogP contribution in [0.4, 0.5) is 10.1 Å². The van der Waals surface area contributed by atoms with Crippen LogP contribution in [-0.2, 0) is 11.3 Å². The molecule has 3 fully saturated rings. The van der Waals surface area contributed by atoms with Gasteiger partial charge in [0.15, 0.2) is 5.82 Å². The maximum atomic E-state index is 15.5. The highest BCUT2D eigenvalue weighted by molar-refractivity contribution is 7.16. The Bertz CT molecular complexity index is 1570. The molecule has 3 aliphatic rings. The van der Waals surface area contributed by atoms with Crippen molar-refractivity contribution in [1.82, 2.24) is 10.1 Å². The molecule has 3 unspecified atom stereocenters. The van der Waals surface area contributed by atoms with Gasteiger partial charge in [0.1, 0.15) is 17.0 Å². The van der Waals surface area contributed by atoms with Crippen molar-refractivity contribution in [2.45, 2.75) is 50.4 Å². The van der Waals surface area contributed by atoms with Gasteiger partial charge in [-0.05, 0) is 43.9 Å². The van der Waals surface area contributed by atoms with Gasteiger partial charge >= 0.3 is 5.97 Å². The molecule has 7 rings (SSSR count). The molecule has 0 spiro atoms. The number of halogens is 3. The van der Waals surface area contributed by atoms with Crippen molar-refractivity contribution in [2.75, 3.05) is 11.4 Å². The largest absolute Gasteiger partial charge is 0.478 e. The van der Waals surface area contributed by atoms with Crippen LogP contribution in [0.3, 0.4) is 0 Å². The van der Waals surface area contributed by atoms with Gasteiger partial charge in [-0.1, -0.05) is 34.4 Å². The van der Waals surface area contributed by atoms with E-state index in [9.17, 15) is 9.90 Å². The number of rotatable bonds is 7. The highest BCUT2D eigenvalue weighted by Gasteiger charge is 2.47. The van der Waals surface area contributed by atoms with Crippen LogP contribution in [-0.4, -0.2) is 39.9 Å². The summed E-state index contributed by atoms with van der Waals surface area (Å²) in [6.45, 7) is 0.824. The van der Waals surface area contributed by atoms with Crippen molar-refractivity contribution < 1.29 is 23.6 Å². The Labute approximate surface area is 231 Å². The lowest BCUT2D eigenvalue weighted by Crippen LogP contribution is -2.39. The fourth-order valence-electron chi connectivity index (χ4n) is 6.02. The van der Waals surface area contributed by atoms with Gasteiger partial charge < -0.3 is 19.3 Å². The summed E-state index contributed by atoms with van der Waals surface area (Å²) in [6.07, 6.45) is 3.52. The minimum absolute atomic E-state index is 0.0171. The van der Waals surface area contributed by atoms with E-state index in [1.165, 1.54) is 22.9 Å². The summed E-state index contributed by atoms with van der Waals surface area (Å²) in [5.74, 6) is -0.416. The smallest absolute Gasteiger partial charge is 0.337 e. The molecule has 3 atom stereocenters. The van der Waals surface area contributed by atoms with E-state index >= 15 is 4.39 Å². The number of hydrogen-bond acceptors (Lipinski definition) is 7. The molecule has 38 heavy (non-hydrogen) atoms. The number of nitrogens with zero attached hydrogens (tertiary/aromatic N) is 3. The fourth-order valence-corrected chi connectivity index (χ4v) is 7.31. The van der Waals surface area contributed by atoms with Gasteiger partial charge in [-0.2, -0.15) is 0 Å². The number of carboxylic acids is 1. The van der Waals surface area contributed by atoms with E-state index in [1.54, 1.807) is 18.2 Å². The van der Waals surface area contributed by atoms with Crippen molar-refractivity contribution in [3.63, 3.8) is 0 Å². The Kier molecular flexibility index (Phi) is 5.88. The molecule has 1 saturated heterocycles. The van der Waals surface area contributed by atoms with E-state index in [1.807, 2.05) is 4.90 Å². The summed E-state index contributed by atoms with van der Waals surface area (Å²) in [5, 5.41) is 15.2. The van der Waals surface area contributed by atoms with Crippen molar-refractivity contribution in [1.29, 1.82) is 0 Å². The second kappa shape index (κ2) is 9.19. The maximum absolute atomic E-state index is 15.5. The van der Waals surface area contributed by atoms with Gasteiger partial charge in [-0.3, -0.25) is 0 Å². The molecule has 1 aliphatic heterocycles. The molecule has 2 aromatic carbocycles. The van der Waals surface area contributed by atoms with Crippen LogP contribution in [0.5, 0.6) is 0 Å². The van der Waals surface area contributed by atoms with Crippen molar-refractivity contribution >= 4 is 56.4 Å². The second-order valence-electron chi connectivity index (χ2n) is 10.2. The SMILES string of the molecule is O=C(O)c1cc2scnc2c(F)c1N1CC2CC1CC2OCc1c(-c2c(Cl)cccc2Cl)noc1C1CC1. The van der Waals surface area contributed by atoms with Crippen LogP contribution in [0.25, 0.3) is 21.5 Å². The standard InChI is InChI=1S/C27H22Cl2FN3O4S/c28-17-2-1-3-18(29)21(17)23-16(26(37-32-23)12-4-5-12)10-36-19-7-14-6-13(19)9-33(14)25-15(27(34)35)8-20-24(22(25)30)31-11-38-20/h1-3,8,11-14,19H,4-7,9-10H2,(H,34,35). The zero-order valence-corrected chi connectivity index (χ0v) is 22.3. The Morgan fingerprint density at radius 1 is 1.26 bits per heavy atom. The number of aromatic carboxylic acids is 1. The Hall–Kier alpha value is -2.72. The fraction of sp³-hybridized carbons (Fsp3) is 0.370.